The molecule has 0 heterocycles. The number of anilines is 1. The first-order chi connectivity index (χ1) is 13.1. The first-order valence-corrected chi connectivity index (χ1v) is 9.43. The summed E-state index contributed by atoms with van der Waals surface area (Å²) in [5, 5.41) is 13.3. The number of rotatable bonds is 7. The molecular formula is C18H19N3O6S. The molecule has 2 aromatic rings. The Morgan fingerprint density at radius 2 is 1.93 bits per heavy atom. The molecule has 0 saturated heterocycles. The number of methoxy groups -OCH3 is 1. The lowest BCUT2D eigenvalue weighted by molar-refractivity contribution is -0.384. The van der Waals surface area contributed by atoms with Crippen LogP contribution >= 0.6 is 0 Å². The first kappa shape index (κ1) is 21.1. The van der Waals surface area contributed by atoms with Crippen molar-refractivity contribution in [3.05, 3.63) is 64.2 Å². The van der Waals surface area contributed by atoms with Crippen molar-refractivity contribution in [1.82, 2.24) is 4.31 Å². The molecule has 2 rings (SSSR count). The Morgan fingerprint density at radius 1 is 1.21 bits per heavy atom. The van der Waals surface area contributed by atoms with Crippen molar-refractivity contribution in [2.75, 3.05) is 26.5 Å². The Hall–Kier alpha value is -3.24. The van der Waals surface area contributed by atoms with E-state index in [0.29, 0.717) is 5.56 Å². The van der Waals surface area contributed by atoms with Gasteiger partial charge in [0.15, 0.2) is 0 Å². The van der Waals surface area contributed by atoms with E-state index in [0.717, 1.165) is 4.31 Å². The third-order valence-electron chi connectivity index (χ3n) is 3.70. The van der Waals surface area contributed by atoms with E-state index in [9.17, 15) is 23.3 Å². The minimum absolute atomic E-state index is 0.0829. The van der Waals surface area contributed by atoms with Crippen LogP contribution in [-0.4, -0.2) is 44.8 Å². The summed E-state index contributed by atoms with van der Waals surface area (Å²) >= 11 is 0. The SMILES string of the molecule is COc1ccc(NC(=O)/C=C/c2cccc([N+](=O)[O-])c2)cc1S(=O)(=O)N(C)C. The molecule has 0 aliphatic heterocycles. The van der Waals surface area contributed by atoms with E-state index in [1.807, 2.05) is 0 Å². The Bertz CT molecular complexity index is 1030. The summed E-state index contributed by atoms with van der Waals surface area (Å²) in [6.07, 6.45) is 2.62. The number of nitro benzene ring substituents is 1. The fourth-order valence-electron chi connectivity index (χ4n) is 2.25. The second kappa shape index (κ2) is 8.63. The highest BCUT2D eigenvalue weighted by Gasteiger charge is 2.22. The topological polar surface area (TPSA) is 119 Å². The van der Waals surface area contributed by atoms with Crippen molar-refractivity contribution in [1.29, 1.82) is 0 Å². The second-order valence-electron chi connectivity index (χ2n) is 5.83. The number of hydrogen-bond acceptors (Lipinski definition) is 6. The van der Waals surface area contributed by atoms with Gasteiger partial charge in [0.05, 0.1) is 12.0 Å². The van der Waals surface area contributed by atoms with Gasteiger partial charge in [-0.3, -0.25) is 14.9 Å². The van der Waals surface area contributed by atoms with Crippen molar-refractivity contribution in [3.8, 4) is 5.75 Å². The Labute approximate surface area is 162 Å². The summed E-state index contributed by atoms with van der Waals surface area (Å²) in [5.74, 6) is -0.372. The summed E-state index contributed by atoms with van der Waals surface area (Å²) in [6.45, 7) is 0. The predicted octanol–water partition coefficient (Wildman–Crippen LogP) is 2.51. The Balaban J connectivity index is 2.22. The van der Waals surface area contributed by atoms with Crippen LogP contribution in [0.1, 0.15) is 5.56 Å². The van der Waals surface area contributed by atoms with Gasteiger partial charge < -0.3 is 10.1 Å². The number of nitrogens with one attached hydrogen (secondary N) is 1. The number of benzene rings is 2. The largest absolute Gasteiger partial charge is 0.495 e. The molecule has 0 unspecified atom stereocenters. The van der Waals surface area contributed by atoms with Gasteiger partial charge in [0, 0.05) is 38.0 Å². The number of carbonyl (C=O) groups is 1. The van der Waals surface area contributed by atoms with Crippen LogP contribution in [0.4, 0.5) is 11.4 Å². The number of carbonyl (C=O) groups excluding carboxylic acids is 1. The van der Waals surface area contributed by atoms with Crippen LogP contribution in [0.15, 0.2) is 53.4 Å². The maximum absolute atomic E-state index is 12.4. The van der Waals surface area contributed by atoms with Gasteiger partial charge in [0.2, 0.25) is 15.9 Å². The van der Waals surface area contributed by atoms with Gasteiger partial charge >= 0.3 is 0 Å². The lowest BCUT2D eigenvalue weighted by Gasteiger charge is -2.15. The van der Waals surface area contributed by atoms with Gasteiger partial charge in [-0.05, 0) is 29.8 Å². The monoisotopic (exact) mass is 405 g/mol. The molecule has 0 fully saturated rings. The van der Waals surface area contributed by atoms with Gasteiger partial charge in [-0.15, -0.1) is 0 Å². The van der Waals surface area contributed by atoms with E-state index in [2.05, 4.69) is 5.32 Å². The molecule has 9 nitrogen and oxygen atoms in total. The lowest BCUT2D eigenvalue weighted by Crippen LogP contribution is -2.23. The van der Waals surface area contributed by atoms with Crippen LogP contribution in [0.5, 0.6) is 5.75 Å². The van der Waals surface area contributed by atoms with E-state index in [-0.39, 0.29) is 22.0 Å². The molecule has 0 atom stereocenters. The molecule has 0 aliphatic carbocycles. The molecule has 1 amide bonds. The summed E-state index contributed by atoms with van der Waals surface area (Å²) in [6, 6.07) is 10.1. The van der Waals surface area contributed by atoms with Gasteiger partial charge in [-0.25, -0.2) is 12.7 Å². The van der Waals surface area contributed by atoms with Gasteiger partial charge in [-0.1, -0.05) is 12.1 Å². The fraction of sp³-hybridized carbons (Fsp3) is 0.167. The zero-order valence-corrected chi connectivity index (χ0v) is 16.3. The van der Waals surface area contributed by atoms with E-state index >= 15 is 0 Å². The van der Waals surface area contributed by atoms with Crippen LogP contribution < -0.4 is 10.1 Å². The fourth-order valence-corrected chi connectivity index (χ4v) is 3.33. The highest BCUT2D eigenvalue weighted by atomic mass is 32.2. The number of ether oxygens (including phenoxy) is 1. The smallest absolute Gasteiger partial charge is 0.270 e. The molecule has 1 N–H and O–H groups in total. The molecule has 10 heteroatoms. The number of amides is 1. The third-order valence-corrected chi connectivity index (χ3v) is 5.53. The van der Waals surface area contributed by atoms with E-state index in [1.54, 1.807) is 6.07 Å². The molecule has 28 heavy (non-hydrogen) atoms. The molecule has 0 bridgehead atoms. The molecule has 0 spiro atoms. The van der Waals surface area contributed by atoms with Gasteiger partial charge in [0.1, 0.15) is 10.6 Å². The third kappa shape index (κ3) is 4.93. The lowest BCUT2D eigenvalue weighted by atomic mass is 10.2. The van der Waals surface area contributed by atoms with E-state index in [4.69, 9.17) is 4.74 Å². The van der Waals surface area contributed by atoms with E-state index < -0.39 is 20.9 Å². The van der Waals surface area contributed by atoms with Crippen LogP contribution in [-0.2, 0) is 14.8 Å². The van der Waals surface area contributed by atoms with Crippen molar-refractivity contribution >= 4 is 33.4 Å². The minimum atomic E-state index is -3.77. The van der Waals surface area contributed by atoms with Gasteiger partial charge in [0.25, 0.3) is 5.69 Å². The predicted molar refractivity (Wildman–Crippen MR) is 105 cm³/mol. The summed E-state index contributed by atoms with van der Waals surface area (Å²) in [7, 11) is 0.362. The average molecular weight is 405 g/mol. The summed E-state index contributed by atoms with van der Waals surface area (Å²) in [4.78, 5) is 22.3. The molecule has 0 saturated carbocycles. The highest BCUT2D eigenvalue weighted by Crippen LogP contribution is 2.28. The summed E-state index contributed by atoms with van der Waals surface area (Å²) < 4.78 is 31.0. The van der Waals surface area contributed by atoms with Crippen molar-refractivity contribution in [3.63, 3.8) is 0 Å². The van der Waals surface area contributed by atoms with Crippen LogP contribution in [0, 0.1) is 10.1 Å². The standard InChI is InChI=1S/C18H19N3O6S/c1-20(2)28(25,26)17-12-14(8-9-16(17)27-3)19-18(22)10-7-13-5-4-6-15(11-13)21(23)24/h4-12H,1-3H3,(H,19,22)/b10-7+. The molecule has 0 aromatic heterocycles. The maximum Gasteiger partial charge on any atom is 0.270 e. The number of non-ortho nitro benzene ring substituents is 1. The van der Waals surface area contributed by atoms with Crippen molar-refractivity contribution in [2.24, 2.45) is 0 Å². The van der Waals surface area contributed by atoms with Crippen molar-refractivity contribution < 1.29 is 22.9 Å². The number of sulfonamides is 1. The molecule has 2 aromatic carbocycles. The average Bonchev–Trinajstić information content (AvgIpc) is 2.66. The molecule has 0 aliphatic rings. The zero-order chi connectivity index (χ0) is 20.9. The number of nitro groups is 1. The first-order valence-electron chi connectivity index (χ1n) is 7.99. The minimum Gasteiger partial charge on any atom is -0.495 e. The molecule has 0 radical (unpaired) electrons. The van der Waals surface area contributed by atoms with Crippen LogP contribution in [0.25, 0.3) is 6.08 Å². The number of nitrogens with zero attached hydrogens (tertiary/aromatic N) is 2. The van der Waals surface area contributed by atoms with Crippen molar-refractivity contribution in [2.45, 2.75) is 4.90 Å². The maximum atomic E-state index is 12.4. The quantitative estimate of drug-likeness (QED) is 0.429. The summed E-state index contributed by atoms with van der Waals surface area (Å²) in [5.41, 5.74) is 0.654. The number of hydrogen-bond donors (Lipinski definition) is 1. The normalized spacial score (nSPS) is 11.6. The Kier molecular flexibility index (Phi) is 6.49. The molecular weight excluding hydrogens is 386 g/mol. The second-order valence-corrected chi connectivity index (χ2v) is 7.95. The molecule has 148 valence electrons. The van der Waals surface area contributed by atoms with E-state index in [1.165, 1.54) is 69.8 Å². The van der Waals surface area contributed by atoms with Crippen LogP contribution in [0.2, 0.25) is 0 Å². The van der Waals surface area contributed by atoms with Gasteiger partial charge in [-0.2, -0.15) is 0 Å². The van der Waals surface area contributed by atoms with Crippen LogP contribution in [0.3, 0.4) is 0 Å². The highest BCUT2D eigenvalue weighted by molar-refractivity contribution is 7.89. The zero-order valence-electron chi connectivity index (χ0n) is 15.4. The Morgan fingerprint density at radius 3 is 2.54 bits per heavy atom.